The van der Waals surface area contributed by atoms with Gasteiger partial charge in [-0.2, -0.15) is 31.4 Å². The van der Waals surface area contributed by atoms with E-state index in [1.165, 1.54) is 0 Å². The SMILES string of the molecule is FC(F)(F)C(c1n[nH]c(C2CC2)n1)C(F)(F)F. The Morgan fingerprint density at radius 3 is 2.00 bits per heavy atom. The number of aromatic amines is 1. The summed E-state index contributed by atoms with van der Waals surface area (Å²) >= 11 is 0. The van der Waals surface area contributed by atoms with Crippen LogP contribution in [0.25, 0.3) is 0 Å². The lowest BCUT2D eigenvalue weighted by Gasteiger charge is -2.19. The highest BCUT2D eigenvalue weighted by atomic mass is 19.4. The van der Waals surface area contributed by atoms with Gasteiger partial charge < -0.3 is 0 Å². The van der Waals surface area contributed by atoms with Gasteiger partial charge in [0, 0.05) is 5.92 Å². The Labute approximate surface area is 91.2 Å². The molecule has 0 amide bonds. The minimum absolute atomic E-state index is 0.0848. The fourth-order valence-electron chi connectivity index (χ4n) is 1.43. The molecule has 1 aliphatic rings. The van der Waals surface area contributed by atoms with E-state index < -0.39 is 24.1 Å². The fourth-order valence-corrected chi connectivity index (χ4v) is 1.43. The van der Waals surface area contributed by atoms with Gasteiger partial charge in [0.05, 0.1) is 0 Å². The van der Waals surface area contributed by atoms with E-state index in [0.29, 0.717) is 12.8 Å². The molecule has 17 heavy (non-hydrogen) atoms. The first-order valence-corrected chi connectivity index (χ1v) is 4.75. The largest absolute Gasteiger partial charge is 0.407 e. The van der Waals surface area contributed by atoms with E-state index in [0.717, 1.165) is 0 Å². The molecule has 0 bridgehead atoms. The topological polar surface area (TPSA) is 41.6 Å². The summed E-state index contributed by atoms with van der Waals surface area (Å²) < 4.78 is 73.9. The van der Waals surface area contributed by atoms with Crippen LogP contribution >= 0.6 is 0 Å². The van der Waals surface area contributed by atoms with Gasteiger partial charge in [-0.15, -0.1) is 0 Å². The van der Waals surface area contributed by atoms with Crippen LogP contribution in [0.1, 0.15) is 36.3 Å². The maximum Gasteiger partial charge on any atom is 0.407 e. The highest BCUT2D eigenvalue weighted by Gasteiger charge is 2.59. The Bertz CT molecular complexity index is 388. The van der Waals surface area contributed by atoms with Crippen LogP contribution in [0.15, 0.2) is 0 Å². The molecule has 0 aromatic carbocycles. The van der Waals surface area contributed by atoms with Gasteiger partial charge in [0.15, 0.2) is 5.82 Å². The van der Waals surface area contributed by atoms with Crippen molar-refractivity contribution < 1.29 is 26.3 Å². The van der Waals surface area contributed by atoms with Gasteiger partial charge in [0.1, 0.15) is 5.82 Å². The molecule has 1 N–H and O–H groups in total. The molecule has 96 valence electrons. The molecular weight excluding hydrogens is 252 g/mol. The average Bonchev–Trinajstić information content (AvgIpc) is 2.83. The molecule has 0 spiro atoms. The van der Waals surface area contributed by atoms with Crippen LogP contribution in [0.3, 0.4) is 0 Å². The highest BCUT2D eigenvalue weighted by Crippen LogP contribution is 2.46. The molecule has 0 atom stereocenters. The molecule has 0 unspecified atom stereocenters. The van der Waals surface area contributed by atoms with E-state index in [4.69, 9.17) is 0 Å². The third-order valence-corrected chi connectivity index (χ3v) is 2.40. The summed E-state index contributed by atoms with van der Waals surface area (Å²) in [5, 5.41) is 5.17. The second-order valence-electron chi connectivity index (χ2n) is 3.87. The molecule has 0 aliphatic heterocycles. The number of hydrogen-bond acceptors (Lipinski definition) is 2. The average molecular weight is 259 g/mol. The lowest BCUT2D eigenvalue weighted by Crippen LogP contribution is -2.35. The van der Waals surface area contributed by atoms with Crippen molar-refractivity contribution in [3.8, 4) is 0 Å². The molecular formula is C8H7F6N3. The number of hydrogen-bond donors (Lipinski definition) is 1. The van der Waals surface area contributed by atoms with E-state index in [-0.39, 0.29) is 11.7 Å². The third kappa shape index (κ3) is 2.52. The van der Waals surface area contributed by atoms with Crippen molar-refractivity contribution in [2.24, 2.45) is 0 Å². The van der Waals surface area contributed by atoms with Crippen LogP contribution in [0.2, 0.25) is 0 Å². The summed E-state index contributed by atoms with van der Waals surface area (Å²) in [5.74, 6) is -4.87. The first kappa shape index (κ1) is 12.2. The molecule has 2 rings (SSSR count). The molecule has 3 nitrogen and oxygen atoms in total. The minimum Gasteiger partial charge on any atom is -0.263 e. The maximum atomic E-state index is 12.3. The number of alkyl halides is 6. The Balaban J connectivity index is 2.31. The Hall–Kier alpha value is -1.28. The first-order valence-electron chi connectivity index (χ1n) is 4.75. The van der Waals surface area contributed by atoms with Crippen molar-refractivity contribution in [2.75, 3.05) is 0 Å². The summed E-state index contributed by atoms with van der Waals surface area (Å²) in [7, 11) is 0. The first-order chi connectivity index (χ1) is 7.69. The maximum absolute atomic E-state index is 12.3. The van der Waals surface area contributed by atoms with Crippen LogP contribution in [0, 0.1) is 0 Å². The molecule has 9 heteroatoms. The number of rotatable bonds is 2. The van der Waals surface area contributed by atoms with Gasteiger partial charge in [0.2, 0.25) is 5.92 Å². The van der Waals surface area contributed by atoms with Crippen LogP contribution in [0.5, 0.6) is 0 Å². The van der Waals surface area contributed by atoms with Crippen molar-refractivity contribution in [2.45, 2.75) is 37.0 Å². The Kier molecular flexibility index (Phi) is 2.58. The van der Waals surface area contributed by atoms with E-state index in [1.807, 2.05) is 0 Å². The molecule has 1 aromatic rings. The van der Waals surface area contributed by atoms with Crippen molar-refractivity contribution in [3.05, 3.63) is 11.6 Å². The van der Waals surface area contributed by atoms with E-state index in [1.54, 1.807) is 0 Å². The van der Waals surface area contributed by atoms with Gasteiger partial charge in [-0.25, -0.2) is 4.98 Å². The van der Waals surface area contributed by atoms with Gasteiger partial charge in [-0.1, -0.05) is 0 Å². The smallest absolute Gasteiger partial charge is 0.263 e. The zero-order chi connectivity index (χ0) is 12.8. The summed E-state index contributed by atoms with van der Waals surface area (Å²) in [6.07, 6.45) is -9.47. The van der Waals surface area contributed by atoms with Crippen molar-refractivity contribution in [1.82, 2.24) is 15.2 Å². The van der Waals surface area contributed by atoms with Crippen molar-refractivity contribution in [3.63, 3.8) is 0 Å². The minimum atomic E-state index is -5.44. The van der Waals surface area contributed by atoms with Gasteiger partial charge >= 0.3 is 12.4 Å². The van der Waals surface area contributed by atoms with Gasteiger partial charge in [-0.3, -0.25) is 5.10 Å². The van der Waals surface area contributed by atoms with Gasteiger partial charge in [0.25, 0.3) is 0 Å². The third-order valence-electron chi connectivity index (χ3n) is 2.40. The van der Waals surface area contributed by atoms with Crippen LogP contribution in [-0.4, -0.2) is 27.5 Å². The predicted molar refractivity (Wildman–Crippen MR) is 43.2 cm³/mol. The monoisotopic (exact) mass is 259 g/mol. The Morgan fingerprint density at radius 1 is 1.06 bits per heavy atom. The molecule has 1 aliphatic carbocycles. The van der Waals surface area contributed by atoms with Crippen molar-refractivity contribution in [1.29, 1.82) is 0 Å². The Morgan fingerprint density at radius 2 is 1.59 bits per heavy atom. The van der Waals surface area contributed by atoms with Crippen molar-refractivity contribution >= 4 is 0 Å². The normalized spacial score (nSPS) is 17.8. The predicted octanol–water partition coefficient (Wildman–Crippen LogP) is 2.89. The molecule has 0 saturated heterocycles. The van der Waals surface area contributed by atoms with Crippen LogP contribution in [-0.2, 0) is 0 Å². The zero-order valence-corrected chi connectivity index (χ0v) is 8.23. The van der Waals surface area contributed by atoms with Gasteiger partial charge in [-0.05, 0) is 12.8 Å². The summed E-state index contributed by atoms with van der Waals surface area (Å²) in [4.78, 5) is 3.30. The quantitative estimate of drug-likeness (QED) is 0.830. The van der Waals surface area contributed by atoms with E-state index >= 15 is 0 Å². The number of H-pyrrole nitrogens is 1. The molecule has 1 fully saturated rings. The van der Waals surface area contributed by atoms with Crippen LogP contribution < -0.4 is 0 Å². The lowest BCUT2D eigenvalue weighted by atomic mass is 10.1. The second kappa shape index (κ2) is 3.61. The van der Waals surface area contributed by atoms with E-state index in [2.05, 4.69) is 15.2 Å². The molecule has 1 aromatic heterocycles. The number of nitrogens with one attached hydrogen (secondary N) is 1. The highest BCUT2D eigenvalue weighted by molar-refractivity contribution is 5.10. The molecule has 1 saturated carbocycles. The summed E-state index contributed by atoms with van der Waals surface area (Å²) in [6.45, 7) is 0. The summed E-state index contributed by atoms with van der Waals surface area (Å²) in [6, 6.07) is 0. The number of aromatic nitrogens is 3. The fraction of sp³-hybridized carbons (Fsp3) is 0.750. The molecule has 1 heterocycles. The number of halogens is 6. The summed E-state index contributed by atoms with van der Waals surface area (Å²) in [5.41, 5.74) is 0. The van der Waals surface area contributed by atoms with E-state index in [9.17, 15) is 26.3 Å². The lowest BCUT2D eigenvalue weighted by molar-refractivity contribution is -0.255. The number of nitrogens with zero attached hydrogens (tertiary/aromatic N) is 2. The second-order valence-corrected chi connectivity index (χ2v) is 3.87. The van der Waals surface area contributed by atoms with Crippen LogP contribution in [0.4, 0.5) is 26.3 Å². The molecule has 0 radical (unpaired) electrons. The standard InChI is InChI=1S/C8H7F6N3/c9-7(10,11)4(8(12,13)14)6-15-5(16-17-6)3-1-2-3/h3-4H,1-2H2,(H,15,16,17). The zero-order valence-electron chi connectivity index (χ0n) is 8.23.